The van der Waals surface area contributed by atoms with Crippen molar-refractivity contribution >= 4 is 22.7 Å². The third kappa shape index (κ3) is 3.45. The maximum Gasteiger partial charge on any atom is 0.311 e. The van der Waals surface area contributed by atoms with E-state index >= 15 is 0 Å². The van der Waals surface area contributed by atoms with Crippen LogP contribution in [-0.2, 0) is 4.79 Å². The van der Waals surface area contributed by atoms with E-state index in [0.29, 0.717) is 11.1 Å². The highest BCUT2D eigenvalue weighted by molar-refractivity contribution is 6.00. The van der Waals surface area contributed by atoms with Crippen molar-refractivity contribution in [3.8, 4) is 11.1 Å². The Labute approximate surface area is 162 Å². The van der Waals surface area contributed by atoms with Crippen LogP contribution < -0.4 is 0 Å². The number of nitrogens with one attached hydrogen (secondary N) is 1. The Kier molecular flexibility index (Phi) is 4.77. The number of carboxylic acids is 1. The molecule has 0 aliphatic heterocycles. The molecule has 0 fully saturated rings. The zero-order valence-corrected chi connectivity index (χ0v) is 15.1. The molecule has 1 aromatic heterocycles. The summed E-state index contributed by atoms with van der Waals surface area (Å²) >= 11 is 0. The molecule has 0 bridgehead atoms. The van der Waals surface area contributed by atoms with Crippen molar-refractivity contribution < 1.29 is 14.7 Å². The van der Waals surface area contributed by atoms with Gasteiger partial charge in [-0.2, -0.15) is 0 Å². The number of hydrogen-bond donors (Lipinski definition) is 2. The predicted octanol–water partition coefficient (Wildman–Crippen LogP) is 5.28. The van der Waals surface area contributed by atoms with Crippen molar-refractivity contribution in [3.63, 3.8) is 0 Å². The molecule has 4 nitrogen and oxygen atoms in total. The van der Waals surface area contributed by atoms with E-state index < -0.39 is 11.9 Å². The summed E-state index contributed by atoms with van der Waals surface area (Å²) in [4.78, 5) is 27.7. The van der Waals surface area contributed by atoms with Gasteiger partial charge in [0.15, 0.2) is 5.78 Å². The Balaban J connectivity index is 1.73. The van der Waals surface area contributed by atoms with Gasteiger partial charge in [-0.3, -0.25) is 9.59 Å². The first kappa shape index (κ1) is 17.7. The number of carbonyl (C=O) groups is 2. The second-order valence-corrected chi connectivity index (χ2v) is 6.75. The van der Waals surface area contributed by atoms with Crippen LogP contribution in [0.2, 0.25) is 0 Å². The van der Waals surface area contributed by atoms with Crippen LogP contribution in [-0.4, -0.2) is 21.8 Å². The Morgan fingerprint density at radius 2 is 1.54 bits per heavy atom. The summed E-state index contributed by atoms with van der Waals surface area (Å²) in [6.45, 7) is 0. The number of aliphatic carboxylic acids is 1. The fraction of sp³-hybridized carbons (Fsp3) is 0.0833. The molecule has 2 N–H and O–H groups in total. The van der Waals surface area contributed by atoms with E-state index in [1.54, 1.807) is 30.5 Å². The molecule has 4 heteroatoms. The zero-order valence-electron chi connectivity index (χ0n) is 15.1. The van der Waals surface area contributed by atoms with Crippen LogP contribution in [0.4, 0.5) is 0 Å². The summed E-state index contributed by atoms with van der Waals surface area (Å²) in [5.41, 5.74) is 4.08. The van der Waals surface area contributed by atoms with Crippen LogP contribution in [0.25, 0.3) is 22.0 Å². The van der Waals surface area contributed by atoms with Crippen LogP contribution >= 0.6 is 0 Å². The molecule has 1 unspecified atom stereocenters. The SMILES string of the molecule is O=C(CC(C(=O)O)c1c[nH]c2ccc(-c3ccccc3)cc12)c1ccccc1. The number of fused-ring (bicyclic) bond motifs is 1. The summed E-state index contributed by atoms with van der Waals surface area (Å²) in [7, 11) is 0. The largest absolute Gasteiger partial charge is 0.481 e. The highest BCUT2D eigenvalue weighted by Gasteiger charge is 2.26. The van der Waals surface area contributed by atoms with E-state index in [2.05, 4.69) is 4.98 Å². The molecule has 0 aliphatic carbocycles. The van der Waals surface area contributed by atoms with Crippen LogP contribution in [0, 0.1) is 0 Å². The van der Waals surface area contributed by atoms with Crippen LogP contribution in [0.3, 0.4) is 0 Å². The first-order chi connectivity index (χ1) is 13.6. The number of ketones is 1. The molecule has 3 aromatic carbocycles. The second-order valence-electron chi connectivity index (χ2n) is 6.75. The van der Waals surface area contributed by atoms with E-state index in [0.717, 1.165) is 22.0 Å². The minimum absolute atomic E-state index is 0.0815. The number of benzene rings is 3. The molecule has 0 saturated heterocycles. The smallest absolute Gasteiger partial charge is 0.311 e. The number of carbonyl (C=O) groups excluding carboxylic acids is 1. The van der Waals surface area contributed by atoms with Crippen molar-refractivity contribution in [3.05, 3.63) is 96.2 Å². The lowest BCUT2D eigenvalue weighted by Crippen LogP contribution is -2.16. The van der Waals surface area contributed by atoms with Crippen LogP contribution in [0.15, 0.2) is 85.1 Å². The Morgan fingerprint density at radius 3 is 2.21 bits per heavy atom. The normalized spacial score (nSPS) is 12.0. The molecular weight excluding hydrogens is 350 g/mol. The van der Waals surface area contributed by atoms with Gasteiger partial charge in [-0.25, -0.2) is 0 Å². The predicted molar refractivity (Wildman–Crippen MR) is 110 cm³/mol. The summed E-state index contributed by atoms with van der Waals surface area (Å²) in [6, 6.07) is 24.7. The van der Waals surface area contributed by atoms with E-state index in [9.17, 15) is 14.7 Å². The first-order valence-electron chi connectivity index (χ1n) is 9.11. The molecule has 28 heavy (non-hydrogen) atoms. The molecule has 4 rings (SSSR count). The number of Topliss-reactive ketones (excluding diaryl/α,β-unsaturated/α-hetero) is 1. The van der Waals surface area contributed by atoms with Gasteiger partial charge in [-0.15, -0.1) is 0 Å². The van der Waals surface area contributed by atoms with E-state index in [-0.39, 0.29) is 12.2 Å². The number of carboxylic acid groups (broad SMARTS) is 1. The van der Waals surface area contributed by atoms with Gasteiger partial charge in [-0.05, 0) is 28.8 Å². The van der Waals surface area contributed by atoms with Gasteiger partial charge in [0, 0.05) is 29.1 Å². The monoisotopic (exact) mass is 369 g/mol. The van der Waals surface area contributed by atoms with Gasteiger partial charge in [0.2, 0.25) is 0 Å². The maximum absolute atomic E-state index is 12.6. The van der Waals surface area contributed by atoms with Crippen molar-refractivity contribution in [2.75, 3.05) is 0 Å². The minimum Gasteiger partial charge on any atom is -0.481 e. The lowest BCUT2D eigenvalue weighted by Gasteiger charge is -2.12. The average molecular weight is 369 g/mol. The Bertz CT molecular complexity index is 1130. The lowest BCUT2D eigenvalue weighted by atomic mass is 9.90. The van der Waals surface area contributed by atoms with Gasteiger partial charge in [-0.1, -0.05) is 66.7 Å². The molecule has 0 spiro atoms. The molecule has 0 saturated carbocycles. The molecule has 4 aromatic rings. The number of H-pyrrole nitrogens is 1. The van der Waals surface area contributed by atoms with Crippen molar-refractivity contribution in [1.82, 2.24) is 4.98 Å². The molecule has 0 amide bonds. The number of hydrogen-bond acceptors (Lipinski definition) is 2. The molecule has 1 atom stereocenters. The topological polar surface area (TPSA) is 70.2 Å². The quantitative estimate of drug-likeness (QED) is 0.455. The van der Waals surface area contributed by atoms with E-state index in [1.165, 1.54) is 0 Å². The van der Waals surface area contributed by atoms with Crippen molar-refractivity contribution in [2.45, 2.75) is 12.3 Å². The number of aromatic amines is 1. The summed E-state index contributed by atoms with van der Waals surface area (Å²) < 4.78 is 0. The lowest BCUT2D eigenvalue weighted by molar-refractivity contribution is -0.138. The van der Waals surface area contributed by atoms with E-state index in [4.69, 9.17) is 0 Å². The highest BCUT2D eigenvalue weighted by atomic mass is 16.4. The third-order valence-electron chi connectivity index (χ3n) is 4.98. The maximum atomic E-state index is 12.6. The second kappa shape index (κ2) is 7.53. The van der Waals surface area contributed by atoms with Crippen LogP contribution in [0.5, 0.6) is 0 Å². The molecule has 0 radical (unpaired) electrons. The molecule has 0 aliphatic rings. The highest BCUT2D eigenvalue weighted by Crippen LogP contribution is 2.32. The molecule has 138 valence electrons. The summed E-state index contributed by atoms with van der Waals surface area (Å²) in [5, 5.41) is 10.6. The Hall–Kier alpha value is -3.66. The number of aromatic nitrogens is 1. The Morgan fingerprint density at radius 1 is 0.857 bits per heavy atom. The average Bonchev–Trinajstić information content (AvgIpc) is 3.15. The summed E-state index contributed by atoms with van der Waals surface area (Å²) in [6.07, 6.45) is 1.62. The minimum atomic E-state index is -1.00. The summed E-state index contributed by atoms with van der Waals surface area (Å²) in [5.74, 6) is -2.09. The van der Waals surface area contributed by atoms with Gasteiger partial charge >= 0.3 is 5.97 Å². The zero-order chi connectivity index (χ0) is 19.5. The molecular formula is C24H19NO3. The van der Waals surface area contributed by atoms with Gasteiger partial charge in [0.05, 0.1) is 5.92 Å². The fourth-order valence-electron chi connectivity index (χ4n) is 3.50. The van der Waals surface area contributed by atoms with Gasteiger partial charge < -0.3 is 10.1 Å². The third-order valence-corrected chi connectivity index (χ3v) is 4.98. The standard InChI is InChI=1S/C24H19NO3/c26-23(17-9-5-2-6-10-17)14-20(24(27)28)21-15-25-22-12-11-18(13-19(21)22)16-7-3-1-4-8-16/h1-13,15,20,25H,14H2,(H,27,28). The van der Waals surface area contributed by atoms with Crippen LogP contribution in [0.1, 0.15) is 28.3 Å². The van der Waals surface area contributed by atoms with E-state index in [1.807, 2.05) is 54.6 Å². The van der Waals surface area contributed by atoms with Gasteiger partial charge in [0.1, 0.15) is 0 Å². The number of rotatable bonds is 6. The van der Waals surface area contributed by atoms with Crippen molar-refractivity contribution in [2.24, 2.45) is 0 Å². The first-order valence-corrected chi connectivity index (χ1v) is 9.11. The van der Waals surface area contributed by atoms with Crippen molar-refractivity contribution in [1.29, 1.82) is 0 Å². The van der Waals surface area contributed by atoms with Gasteiger partial charge in [0.25, 0.3) is 0 Å². The fourth-order valence-corrected chi connectivity index (χ4v) is 3.50. The molecule has 1 heterocycles.